The molecule has 0 radical (unpaired) electrons. The average Bonchev–Trinajstić information content (AvgIpc) is 3.08. The van der Waals surface area contributed by atoms with Crippen molar-refractivity contribution in [3.8, 4) is 11.5 Å². The summed E-state index contributed by atoms with van der Waals surface area (Å²) in [6, 6.07) is 4.34. The number of rotatable bonds is 4. The van der Waals surface area contributed by atoms with Gasteiger partial charge in [-0.3, -0.25) is 4.98 Å². The predicted molar refractivity (Wildman–Crippen MR) is 79.8 cm³/mol. The molecule has 5 nitrogen and oxygen atoms in total. The van der Waals surface area contributed by atoms with Crippen molar-refractivity contribution >= 4 is 11.8 Å². The number of likely N-dealkylation sites (N-methyl/N-ethyl adjacent to an activating group) is 1. The van der Waals surface area contributed by atoms with Gasteiger partial charge in [0, 0.05) is 23.7 Å². The number of pyridine rings is 1. The van der Waals surface area contributed by atoms with Crippen LogP contribution in [-0.2, 0) is 0 Å². The van der Waals surface area contributed by atoms with Crippen LogP contribution in [0, 0.1) is 6.92 Å². The topological polar surface area (TPSA) is 63.8 Å². The molecule has 2 aromatic heterocycles. The minimum atomic E-state index is 0.296. The maximum Gasteiger partial charge on any atom is 0.232 e. The number of aryl methyl sites for hydroxylation is 1. The summed E-state index contributed by atoms with van der Waals surface area (Å²) in [4.78, 5) is 8.90. The lowest BCUT2D eigenvalue weighted by molar-refractivity contribution is 0.340. The van der Waals surface area contributed by atoms with Gasteiger partial charge in [0.25, 0.3) is 0 Å². The Bertz CT molecular complexity index is 586. The Balaban J connectivity index is 1.85. The summed E-state index contributed by atoms with van der Waals surface area (Å²) >= 11 is 1.93. The van der Waals surface area contributed by atoms with E-state index in [2.05, 4.69) is 27.4 Å². The third-order valence-corrected chi connectivity index (χ3v) is 4.72. The van der Waals surface area contributed by atoms with Gasteiger partial charge in [-0.25, -0.2) is 0 Å². The van der Waals surface area contributed by atoms with E-state index < -0.39 is 0 Å². The molecule has 2 unspecified atom stereocenters. The van der Waals surface area contributed by atoms with Crippen molar-refractivity contribution in [2.24, 2.45) is 0 Å². The zero-order valence-corrected chi connectivity index (χ0v) is 12.5. The lowest BCUT2D eigenvalue weighted by atomic mass is 10.0. The fraction of sp³-hybridized carbons (Fsp3) is 0.500. The lowest BCUT2D eigenvalue weighted by Crippen LogP contribution is -2.34. The van der Waals surface area contributed by atoms with Crippen molar-refractivity contribution in [2.75, 3.05) is 18.1 Å². The minimum Gasteiger partial charge on any atom is -0.339 e. The van der Waals surface area contributed by atoms with Crippen LogP contribution in [0.3, 0.4) is 0 Å². The van der Waals surface area contributed by atoms with Crippen LogP contribution in [-0.4, -0.2) is 39.2 Å². The molecule has 6 heteroatoms. The van der Waals surface area contributed by atoms with Crippen LogP contribution < -0.4 is 5.32 Å². The van der Waals surface area contributed by atoms with Crippen molar-refractivity contribution in [3.05, 3.63) is 29.8 Å². The van der Waals surface area contributed by atoms with E-state index in [1.165, 1.54) is 0 Å². The number of nitrogens with zero attached hydrogens (tertiary/aromatic N) is 3. The van der Waals surface area contributed by atoms with Gasteiger partial charge < -0.3 is 9.84 Å². The molecule has 1 aliphatic rings. The summed E-state index contributed by atoms with van der Waals surface area (Å²) in [5.41, 5.74) is 1.86. The van der Waals surface area contributed by atoms with E-state index in [9.17, 15) is 0 Å². The van der Waals surface area contributed by atoms with Crippen LogP contribution in [0.5, 0.6) is 0 Å². The highest BCUT2D eigenvalue weighted by molar-refractivity contribution is 7.99. The highest BCUT2D eigenvalue weighted by Gasteiger charge is 2.33. The normalized spacial score (nSPS) is 22.3. The highest BCUT2D eigenvalue weighted by Crippen LogP contribution is 2.32. The Morgan fingerprint density at radius 1 is 1.45 bits per heavy atom. The molecule has 3 heterocycles. The molecule has 1 aliphatic heterocycles. The second kappa shape index (κ2) is 5.93. The molecule has 0 aromatic carbocycles. The molecule has 1 saturated heterocycles. The fourth-order valence-electron chi connectivity index (χ4n) is 2.46. The molecule has 1 N–H and O–H groups in total. The standard InChI is InChI=1S/C14H18N4OS/c1-3-15-11-8-20-7-10(11)14-17-13(18-19-14)12-9(2)5-4-6-16-12/h4-6,10-11,15H,3,7-8H2,1-2H3. The predicted octanol–water partition coefficient (Wildman–Crippen LogP) is 2.25. The van der Waals surface area contributed by atoms with Gasteiger partial charge in [-0.2, -0.15) is 16.7 Å². The second-order valence-corrected chi connectivity index (χ2v) is 6.01. The van der Waals surface area contributed by atoms with Crippen LogP contribution in [0.15, 0.2) is 22.9 Å². The van der Waals surface area contributed by atoms with Crippen molar-refractivity contribution in [1.82, 2.24) is 20.4 Å². The molecule has 20 heavy (non-hydrogen) atoms. The fourth-order valence-corrected chi connectivity index (χ4v) is 3.83. The molecule has 2 atom stereocenters. The zero-order valence-electron chi connectivity index (χ0n) is 11.7. The third kappa shape index (κ3) is 2.58. The van der Waals surface area contributed by atoms with Crippen molar-refractivity contribution < 1.29 is 4.52 Å². The van der Waals surface area contributed by atoms with Gasteiger partial charge in [0.15, 0.2) is 0 Å². The Morgan fingerprint density at radius 3 is 3.15 bits per heavy atom. The quantitative estimate of drug-likeness (QED) is 0.931. The van der Waals surface area contributed by atoms with Crippen molar-refractivity contribution in [1.29, 1.82) is 0 Å². The molecule has 0 amide bonds. The zero-order chi connectivity index (χ0) is 13.9. The summed E-state index contributed by atoms with van der Waals surface area (Å²) in [5, 5.41) is 7.59. The van der Waals surface area contributed by atoms with Gasteiger partial charge in [-0.05, 0) is 25.1 Å². The number of thioether (sulfide) groups is 1. The number of nitrogens with one attached hydrogen (secondary N) is 1. The van der Waals surface area contributed by atoms with Gasteiger partial charge in [0.1, 0.15) is 5.69 Å². The molecule has 3 rings (SSSR count). The van der Waals surface area contributed by atoms with Gasteiger partial charge in [-0.1, -0.05) is 18.1 Å². The van der Waals surface area contributed by atoms with Crippen LogP contribution in [0.2, 0.25) is 0 Å². The van der Waals surface area contributed by atoms with E-state index in [1.54, 1.807) is 6.20 Å². The number of hydrogen-bond donors (Lipinski definition) is 1. The molecule has 1 fully saturated rings. The van der Waals surface area contributed by atoms with Gasteiger partial charge >= 0.3 is 0 Å². The monoisotopic (exact) mass is 290 g/mol. The highest BCUT2D eigenvalue weighted by atomic mass is 32.2. The first-order valence-corrected chi connectivity index (χ1v) is 8.01. The lowest BCUT2D eigenvalue weighted by Gasteiger charge is -2.15. The van der Waals surface area contributed by atoms with Crippen molar-refractivity contribution in [3.63, 3.8) is 0 Å². The van der Waals surface area contributed by atoms with Gasteiger partial charge in [-0.15, -0.1) is 0 Å². The second-order valence-electron chi connectivity index (χ2n) is 4.93. The first-order chi connectivity index (χ1) is 9.79. The van der Waals surface area contributed by atoms with Gasteiger partial charge in [0.05, 0.1) is 5.92 Å². The Kier molecular flexibility index (Phi) is 4.03. The summed E-state index contributed by atoms with van der Waals surface area (Å²) < 4.78 is 5.48. The van der Waals surface area contributed by atoms with Crippen LogP contribution >= 0.6 is 11.8 Å². The molecule has 106 valence electrons. The van der Waals surface area contributed by atoms with Crippen LogP contribution in [0.25, 0.3) is 11.5 Å². The maximum atomic E-state index is 5.48. The summed E-state index contributed by atoms with van der Waals surface area (Å²) in [6.07, 6.45) is 1.76. The summed E-state index contributed by atoms with van der Waals surface area (Å²) in [5.74, 6) is 3.73. The molecule has 0 spiro atoms. The molecule has 0 bridgehead atoms. The van der Waals surface area contributed by atoms with Crippen LogP contribution in [0.1, 0.15) is 24.3 Å². The first-order valence-electron chi connectivity index (χ1n) is 6.86. The van der Waals surface area contributed by atoms with Gasteiger partial charge in [0.2, 0.25) is 11.7 Å². The smallest absolute Gasteiger partial charge is 0.232 e. The Hall–Kier alpha value is -1.40. The van der Waals surface area contributed by atoms with E-state index in [0.717, 1.165) is 35.2 Å². The van der Waals surface area contributed by atoms with E-state index in [1.807, 2.05) is 30.8 Å². The molecule has 0 saturated carbocycles. The maximum absolute atomic E-state index is 5.48. The summed E-state index contributed by atoms with van der Waals surface area (Å²) in [7, 11) is 0. The van der Waals surface area contributed by atoms with E-state index in [4.69, 9.17) is 4.52 Å². The van der Waals surface area contributed by atoms with E-state index >= 15 is 0 Å². The Morgan fingerprint density at radius 2 is 2.35 bits per heavy atom. The Labute approximate surface area is 122 Å². The average molecular weight is 290 g/mol. The van der Waals surface area contributed by atoms with Crippen LogP contribution in [0.4, 0.5) is 0 Å². The third-order valence-electron chi connectivity index (χ3n) is 3.53. The number of aromatic nitrogens is 3. The molecular formula is C14H18N4OS. The minimum absolute atomic E-state index is 0.296. The largest absolute Gasteiger partial charge is 0.339 e. The molecule has 0 aliphatic carbocycles. The molecule has 2 aromatic rings. The molecular weight excluding hydrogens is 272 g/mol. The first kappa shape index (κ1) is 13.6. The SMILES string of the molecule is CCNC1CSCC1c1nc(-c2ncccc2C)no1. The van der Waals surface area contributed by atoms with Crippen molar-refractivity contribution in [2.45, 2.75) is 25.8 Å². The summed E-state index contributed by atoms with van der Waals surface area (Å²) in [6.45, 7) is 5.09. The number of hydrogen-bond acceptors (Lipinski definition) is 6. The van der Waals surface area contributed by atoms with E-state index in [0.29, 0.717) is 17.8 Å². The van der Waals surface area contributed by atoms with E-state index in [-0.39, 0.29) is 0 Å².